The topological polar surface area (TPSA) is 191 Å². The molecular formula is C15H28N4O7S. The quantitative estimate of drug-likeness (QED) is 0.164. The van der Waals surface area contributed by atoms with E-state index in [1.807, 2.05) is 0 Å². The third kappa shape index (κ3) is 8.12. The molecule has 0 aromatic heterocycles. The molecular weight excluding hydrogens is 380 g/mol. The van der Waals surface area contributed by atoms with Crippen molar-refractivity contribution in [1.82, 2.24) is 16.0 Å². The van der Waals surface area contributed by atoms with E-state index >= 15 is 0 Å². The van der Waals surface area contributed by atoms with Crippen LogP contribution in [0.1, 0.15) is 20.8 Å². The third-order valence-corrected chi connectivity index (χ3v) is 4.01. The molecule has 0 saturated carbocycles. The Balaban J connectivity index is 5.13. The maximum Gasteiger partial charge on any atom is 0.326 e. The van der Waals surface area contributed by atoms with Crippen molar-refractivity contribution < 1.29 is 34.5 Å². The molecule has 8 N–H and O–H groups in total. The first-order valence-electron chi connectivity index (χ1n) is 8.25. The fourth-order valence-electron chi connectivity index (χ4n) is 1.97. The number of nitrogens with two attached hydrogens (primary N) is 1. The highest BCUT2D eigenvalue weighted by atomic mass is 32.1. The largest absolute Gasteiger partial charge is 0.480 e. The summed E-state index contributed by atoms with van der Waals surface area (Å²) in [5.74, 6) is -4.31. The molecule has 0 radical (unpaired) electrons. The summed E-state index contributed by atoms with van der Waals surface area (Å²) in [5.41, 5.74) is 5.34. The van der Waals surface area contributed by atoms with E-state index in [0.717, 1.165) is 0 Å². The number of aliphatic carboxylic acids is 1. The Bertz CT molecular complexity index is 544. The Hall–Kier alpha value is -1.89. The Morgan fingerprint density at radius 2 is 1.48 bits per heavy atom. The van der Waals surface area contributed by atoms with E-state index in [1.54, 1.807) is 13.8 Å². The van der Waals surface area contributed by atoms with E-state index in [2.05, 4.69) is 28.6 Å². The highest BCUT2D eigenvalue weighted by Crippen LogP contribution is 2.03. The van der Waals surface area contributed by atoms with Crippen molar-refractivity contribution in [3.8, 4) is 0 Å². The first kappa shape index (κ1) is 25.1. The number of carboxylic acids is 1. The van der Waals surface area contributed by atoms with Crippen molar-refractivity contribution in [3.63, 3.8) is 0 Å². The fourth-order valence-corrected chi connectivity index (χ4v) is 2.23. The van der Waals surface area contributed by atoms with E-state index in [1.165, 1.54) is 6.92 Å². The van der Waals surface area contributed by atoms with Crippen molar-refractivity contribution >= 4 is 36.3 Å². The van der Waals surface area contributed by atoms with Gasteiger partial charge in [0, 0.05) is 5.75 Å². The van der Waals surface area contributed by atoms with Gasteiger partial charge in [-0.05, 0) is 12.8 Å². The molecule has 27 heavy (non-hydrogen) atoms. The summed E-state index contributed by atoms with van der Waals surface area (Å²) in [6, 6.07) is -5.09. The minimum Gasteiger partial charge on any atom is -0.480 e. The average molecular weight is 408 g/mol. The van der Waals surface area contributed by atoms with Crippen molar-refractivity contribution in [3.05, 3.63) is 0 Å². The number of hydrogen-bond acceptors (Lipinski definition) is 8. The molecule has 0 aromatic carbocycles. The van der Waals surface area contributed by atoms with Crippen LogP contribution in [0.3, 0.4) is 0 Å². The zero-order valence-corrected chi connectivity index (χ0v) is 16.3. The lowest BCUT2D eigenvalue weighted by Gasteiger charge is -2.26. The molecule has 0 rings (SSSR count). The molecule has 156 valence electrons. The van der Waals surface area contributed by atoms with Gasteiger partial charge in [-0.3, -0.25) is 14.4 Å². The second-order valence-electron chi connectivity index (χ2n) is 6.33. The smallest absolute Gasteiger partial charge is 0.326 e. The SMILES string of the molecule is CC(C)C(NC(=O)C(CS)NC(=O)C(NC(=O)C(N)CO)C(C)O)C(=O)O. The normalized spacial score (nSPS) is 16.6. The van der Waals surface area contributed by atoms with Gasteiger partial charge < -0.3 is 37.0 Å². The monoisotopic (exact) mass is 408 g/mol. The molecule has 0 aliphatic rings. The summed E-state index contributed by atoms with van der Waals surface area (Å²) < 4.78 is 0. The van der Waals surface area contributed by atoms with E-state index in [9.17, 15) is 24.3 Å². The van der Waals surface area contributed by atoms with Crippen LogP contribution in [0.15, 0.2) is 0 Å². The zero-order valence-electron chi connectivity index (χ0n) is 15.4. The molecule has 0 spiro atoms. The van der Waals surface area contributed by atoms with Gasteiger partial charge in [-0.2, -0.15) is 12.6 Å². The minimum absolute atomic E-state index is 0.154. The standard InChI is InChI=1S/C15H28N4O7S/c1-6(2)10(15(25)26)18-13(23)9(5-27)17-14(24)11(7(3)21)19-12(22)8(16)4-20/h6-11,20-21,27H,4-5,16H2,1-3H3,(H,17,24)(H,18,23)(H,19,22)(H,25,26). The molecule has 0 saturated heterocycles. The third-order valence-electron chi connectivity index (χ3n) is 3.64. The van der Waals surface area contributed by atoms with Crippen molar-refractivity contribution in [2.75, 3.05) is 12.4 Å². The molecule has 0 fully saturated rings. The number of amides is 3. The van der Waals surface area contributed by atoms with Crippen molar-refractivity contribution in [1.29, 1.82) is 0 Å². The lowest BCUT2D eigenvalue weighted by Crippen LogP contribution is -2.60. The number of thiol groups is 1. The van der Waals surface area contributed by atoms with Crippen LogP contribution in [0.25, 0.3) is 0 Å². The molecule has 5 unspecified atom stereocenters. The summed E-state index contributed by atoms with van der Waals surface area (Å²) in [4.78, 5) is 47.5. The Morgan fingerprint density at radius 1 is 0.963 bits per heavy atom. The van der Waals surface area contributed by atoms with E-state index < -0.39 is 66.5 Å². The predicted molar refractivity (Wildman–Crippen MR) is 98.9 cm³/mol. The van der Waals surface area contributed by atoms with Gasteiger partial charge in [0.2, 0.25) is 17.7 Å². The summed E-state index contributed by atoms with van der Waals surface area (Å²) in [5, 5.41) is 34.5. The van der Waals surface area contributed by atoms with Crippen LogP contribution in [-0.4, -0.2) is 81.6 Å². The van der Waals surface area contributed by atoms with Gasteiger partial charge >= 0.3 is 5.97 Å². The predicted octanol–water partition coefficient (Wildman–Crippen LogP) is -3.19. The number of carbonyl (C=O) groups is 4. The number of aliphatic hydroxyl groups is 2. The van der Waals surface area contributed by atoms with Crippen LogP contribution in [0, 0.1) is 5.92 Å². The second-order valence-corrected chi connectivity index (χ2v) is 6.69. The van der Waals surface area contributed by atoms with Crippen LogP contribution in [0.2, 0.25) is 0 Å². The molecule has 3 amide bonds. The van der Waals surface area contributed by atoms with E-state index in [0.29, 0.717) is 0 Å². The lowest BCUT2D eigenvalue weighted by atomic mass is 10.0. The number of hydrogen-bond donors (Lipinski definition) is 8. The van der Waals surface area contributed by atoms with Gasteiger partial charge in [0.1, 0.15) is 24.2 Å². The van der Waals surface area contributed by atoms with Gasteiger partial charge in [0.05, 0.1) is 12.7 Å². The van der Waals surface area contributed by atoms with Gasteiger partial charge in [-0.15, -0.1) is 0 Å². The lowest BCUT2D eigenvalue weighted by molar-refractivity contribution is -0.143. The molecule has 5 atom stereocenters. The summed E-state index contributed by atoms with van der Waals surface area (Å²) in [7, 11) is 0. The molecule has 0 bridgehead atoms. The zero-order chi connectivity index (χ0) is 21.3. The maximum atomic E-state index is 12.3. The molecule has 0 aliphatic heterocycles. The van der Waals surface area contributed by atoms with Crippen molar-refractivity contribution in [2.45, 2.75) is 51.0 Å². The van der Waals surface area contributed by atoms with Gasteiger partial charge in [0.15, 0.2) is 0 Å². The van der Waals surface area contributed by atoms with Crippen LogP contribution < -0.4 is 21.7 Å². The number of carbonyl (C=O) groups excluding carboxylic acids is 3. The summed E-state index contributed by atoms with van der Waals surface area (Å²) in [6.07, 6.45) is -1.33. The minimum atomic E-state index is -1.44. The van der Waals surface area contributed by atoms with Gasteiger partial charge in [-0.1, -0.05) is 13.8 Å². The summed E-state index contributed by atoms with van der Waals surface area (Å²) in [6.45, 7) is 3.80. The first-order chi connectivity index (χ1) is 12.5. The van der Waals surface area contributed by atoms with Gasteiger partial charge in [0.25, 0.3) is 0 Å². The van der Waals surface area contributed by atoms with Crippen LogP contribution in [0.5, 0.6) is 0 Å². The van der Waals surface area contributed by atoms with Crippen molar-refractivity contribution in [2.24, 2.45) is 11.7 Å². The van der Waals surface area contributed by atoms with E-state index in [4.69, 9.17) is 15.9 Å². The Morgan fingerprint density at radius 3 is 1.85 bits per heavy atom. The number of aliphatic hydroxyl groups excluding tert-OH is 2. The van der Waals surface area contributed by atoms with Crippen LogP contribution >= 0.6 is 12.6 Å². The second kappa shape index (κ2) is 11.7. The van der Waals surface area contributed by atoms with Gasteiger partial charge in [-0.25, -0.2) is 4.79 Å². The Kier molecular flexibility index (Phi) is 10.9. The first-order valence-corrected chi connectivity index (χ1v) is 8.88. The molecule has 0 heterocycles. The van der Waals surface area contributed by atoms with E-state index in [-0.39, 0.29) is 5.75 Å². The van der Waals surface area contributed by atoms with Crippen LogP contribution in [0.4, 0.5) is 0 Å². The molecule has 12 heteroatoms. The highest BCUT2D eigenvalue weighted by molar-refractivity contribution is 7.80. The number of rotatable bonds is 11. The van der Waals surface area contributed by atoms with Crippen LogP contribution in [-0.2, 0) is 19.2 Å². The number of carboxylic acid groups (broad SMARTS) is 1. The molecule has 0 aromatic rings. The summed E-state index contributed by atoms with van der Waals surface area (Å²) >= 11 is 3.97. The fraction of sp³-hybridized carbons (Fsp3) is 0.733. The number of nitrogens with one attached hydrogen (secondary N) is 3. The Labute approximate surface area is 162 Å². The highest BCUT2D eigenvalue weighted by Gasteiger charge is 2.32. The maximum absolute atomic E-state index is 12.3. The average Bonchev–Trinajstić information content (AvgIpc) is 2.59. The molecule has 0 aliphatic carbocycles. The molecule has 11 nitrogen and oxygen atoms in total.